The Balaban J connectivity index is 1.92. The molecule has 0 unspecified atom stereocenters. The van der Waals surface area contributed by atoms with E-state index >= 15 is 0 Å². The summed E-state index contributed by atoms with van der Waals surface area (Å²) in [5, 5.41) is 0.138. The van der Waals surface area contributed by atoms with E-state index in [1.165, 1.54) is 24.3 Å². The van der Waals surface area contributed by atoms with Gasteiger partial charge in [-0.2, -0.15) is 13.2 Å². The van der Waals surface area contributed by atoms with Gasteiger partial charge in [0.05, 0.1) is 11.1 Å². The van der Waals surface area contributed by atoms with Gasteiger partial charge in [0.25, 0.3) is 11.8 Å². The number of nitrogens with zero attached hydrogens (tertiary/aromatic N) is 1. The molecule has 0 fully saturated rings. The van der Waals surface area contributed by atoms with E-state index in [4.69, 9.17) is 0 Å². The Labute approximate surface area is 132 Å². The minimum atomic E-state index is -4.85. The summed E-state index contributed by atoms with van der Waals surface area (Å²) < 4.78 is 43.3. The van der Waals surface area contributed by atoms with Gasteiger partial charge in [0, 0.05) is 0 Å². The molecule has 0 saturated carbocycles. The van der Waals surface area contributed by atoms with Crippen LogP contribution in [-0.2, 0) is 11.0 Å². The highest BCUT2D eigenvalue weighted by molar-refractivity contribution is 6.21. The van der Waals surface area contributed by atoms with Gasteiger partial charge >= 0.3 is 12.1 Å². The molecule has 1 aromatic carbocycles. The maximum Gasteiger partial charge on any atom is 0.420 e. The van der Waals surface area contributed by atoms with Crippen LogP contribution in [0.4, 0.5) is 13.2 Å². The number of furan rings is 1. The summed E-state index contributed by atoms with van der Waals surface area (Å²) in [5.74, 6) is -3.72. The van der Waals surface area contributed by atoms with Crippen LogP contribution >= 0.6 is 0 Å². The fourth-order valence-electron chi connectivity index (χ4n) is 2.30. The number of hydroxylamine groups is 2. The summed E-state index contributed by atoms with van der Waals surface area (Å²) in [6.07, 6.45) is -4.48. The van der Waals surface area contributed by atoms with Crippen LogP contribution in [0.25, 0.3) is 0 Å². The zero-order chi connectivity index (χ0) is 17.6. The molecule has 2 amide bonds. The number of halogens is 3. The van der Waals surface area contributed by atoms with Gasteiger partial charge in [-0.25, -0.2) is 4.79 Å². The number of carbonyl (C=O) groups excluding carboxylic acids is 3. The van der Waals surface area contributed by atoms with Crippen LogP contribution in [0.3, 0.4) is 0 Å². The molecule has 2 heterocycles. The molecule has 0 N–H and O–H groups in total. The molecule has 6 nitrogen and oxygen atoms in total. The lowest BCUT2D eigenvalue weighted by Gasteiger charge is -2.13. The third-order valence-corrected chi connectivity index (χ3v) is 3.42. The maximum absolute atomic E-state index is 12.9. The Kier molecular flexibility index (Phi) is 3.43. The highest BCUT2D eigenvalue weighted by Crippen LogP contribution is 2.35. The number of fused-ring (bicyclic) bond motifs is 1. The zero-order valence-electron chi connectivity index (χ0n) is 12.0. The lowest BCUT2D eigenvalue weighted by Crippen LogP contribution is -2.33. The van der Waals surface area contributed by atoms with Crippen molar-refractivity contribution in [3.05, 3.63) is 58.5 Å². The molecule has 0 atom stereocenters. The van der Waals surface area contributed by atoms with Gasteiger partial charge < -0.3 is 9.25 Å². The molecule has 0 aliphatic carbocycles. The monoisotopic (exact) mass is 339 g/mol. The number of amides is 2. The van der Waals surface area contributed by atoms with Gasteiger partial charge in [0.2, 0.25) is 0 Å². The van der Waals surface area contributed by atoms with Gasteiger partial charge in [-0.1, -0.05) is 17.2 Å². The number of benzene rings is 1. The molecule has 1 aliphatic rings. The lowest BCUT2D eigenvalue weighted by atomic mass is 10.1. The van der Waals surface area contributed by atoms with Crippen molar-refractivity contribution >= 4 is 17.8 Å². The van der Waals surface area contributed by atoms with E-state index in [0.717, 1.165) is 6.92 Å². The standard InChI is InChI=1S/C15H8F3NO5/c1-7-11(10(6-23-7)15(16,17)18)14(22)24-19-12(20)8-4-2-3-5-9(8)13(19)21/h2-6H,1H3. The number of alkyl halides is 3. The number of hydrogen-bond donors (Lipinski definition) is 0. The topological polar surface area (TPSA) is 76.8 Å². The van der Waals surface area contributed by atoms with Crippen LogP contribution in [0.5, 0.6) is 0 Å². The van der Waals surface area contributed by atoms with Crippen LogP contribution in [0.2, 0.25) is 0 Å². The first-order valence-corrected chi connectivity index (χ1v) is 6.57. The van der Waals surface area contributed by atoms with Crippen molar-refractivity contribution in [3.8, 4) is 0 Å². The Hall–Kier alpha value is -3.10. The first-order valence-electron chi connectivity index (χ1n) is 6.57. The fraction of sp³-hybridized carbons (Fsp3) is 0.133. The molecule has 0 saturated heterocycles. The summed E-state index contributed by atoms with van der Waals surface area (Å²) in [7, 11) is 0. The van der Waals surface area contributed by atoms with Gasteiger partial charge in [0.1, 0.15) is 23.2 Å². The number of hydrogen-bond acceptors (Lipinski definition) is 5. The SMILES string of the molecule is Cc1occ(C(F)(F)F)c1C(=O)ON1C(=O)c2ccccc2C1=O. The largest absolute Gasteiger partial charge is 0.468 e. The zero-order valence-corrected chi connectivity index (χ0v) is 12.0. The second-order valence-corrected chi connectivity index (χ2v) is 4.91. The molecule has 0 spiro atoms. The Morgan fingerprint density at radius 1 is 1.12 bits per heavy atom. The van der Waals surface area contributed by atoms with Crippen molar-refractivity contribution in [2.75, 3.05) is 0 Å². The van der Waals surface area contributed by atoms with Crippen molar-refractivity contribution in [1.82, 2.24) is 5.06 Å². The van der Waals surface area contributed by atoms with Crippen molar-refractivity contribution in [2.45, 2.75) is 13.1 Å². The van der Waals surface area contributed by atoms with Crippen LogP contribution in [0.15, 0.2) is 34.9 Å². The van der Waals surface area contributed by atoms with Gasteiger partial charge in [-0.15, -0.1) is 0 Å². The average Bonchev–Trinajstić information content (AvgIpc) is 3.02. The van der Waals surface area contributed by atoms with E-state index in [-0.39, 0.29) is 22.0 Å². The molecule has 1 aliphatic heterocycles. The smallest absolute Gasteiger partial charge is 0.420 e. The van der Waals surface area contributed by atoms with E-state index in [9.17, 15) is 27.6 Å². The predicted octanol–water partition coefficient (Wildman–Crippen LogP) is 2.97. The molecule has 2 aromatic rings. The molecule has 0 radical (unpaired) electrons. The second-order valence-electron chi connectivity index (χ2n) is 4.91. The van der Waals surface area contributed by atoms with Crippen LogP contribution in [-0.4, -0.2) is 22.8 Å². The van der Waals surface area contributed by atoms with E-state index in [1.807, 2.05) is 0 Å². The predicted molar refractivity (Wildman–Crippen MR) is 70.8 cm³/mol. The van der Waals surface area contributed by atoms with Gasteiger partial charge in [-0.05, 0) is 19.1 Å². The Morgan fingerprint density at radius 2 is 1.67 bits per heavy atom. The normalized spacial score (nSPS) is 14.1. The van der Waals surface area contributed by atoms with Gasteiger partial charge in [-0.3, -0.25) is 9.59 Å². The molecule has 124 valence electrons. The maximum atomic E-state index is 12.9. The number of aryl methyl sites for hydroxylation is 1. The number of carbonyl (C=O) groups is 3. The third-order valence-electron chi connectivity index (χ3n) is 3.42. The summed E-state index contributed by atoms with van der Waals surface area (Å²) in [5.41, 5.74) is -2.24. The number of rotatable bonds is 2. The third kappa shape index (κ3) is 2.34. The molecule has 3 rings (SSSR count). The fourth-order valence-corrected chi connectivity index (χ4v) is 2.30. The molecular formula is C15H8F3NO5. The van der Waals surface area contributed by atoms with Crippen molar-refractivity contribution in [2.24, 2.45) is 0 Å². The molecular weight excluding hydrogens is 331 g/mol. The highest BCUT2D eigenvalue weighted by atomic mass is 19.4. The molecule has 24 heavy (non-hydrogen) atoms. The van der Waals surface area contributed by atoms with Crippen molar-refractivity contribution in [1.29, 1.82) is 0 Å². The summed E-state index contributed by atoms with van der Waals surface area (Å²) >= 11 is 0. The summed E-state index contributed by atoms with van der Waals surface area (Å²) in [6, 6.07) is 5.68. The molecule has 0 bridgehead atoms. The van der Waals surface area contributed by atoms with E-state index in [1.54, 1.807) is 0 Å². The van der Waals surface area contributed by atoms with Gasteiger partial charge in [0.15, 0.2) is 0 Å². The van der Waals surface area contributed by atoms with Crippen LogP contribution in [0.1, 0.15) is 42.4 Å². The Bertz CT molecular complexity index is 833. The molecule has 1 aromatic heterocycles. The van der Waals surface area contributed by atoms with Crippen LogP contribution in [0, 0.1) is 6.92 Å². The van der Waals surface area contributed by atoms with E-state index in [2.05, 4.69) is 9.25 Å². The van der Waals surface area contributed by atoms with E-state index < -0.39 is 35.1 Å². The number of imide groups is 1. The Morgan fingerprint density at radius 3 is 2.17 bits per heavy atom. The average molecular weight is 339 g/mol. The van der Waals surface area contributed by atoms with Crippen molar-refractivity contribution in [3.63, 3.8) is 0 Å². The van der Waals surface area contributed by atoms with Crippen LogP contribution < -0.4 is 0 Å². The minimum Gasteiger partial charge on any atom is -0.468 e. The lowest BCUT2D eigenvalue weighted by molar-refractivity contribution is -0.138. The van der Waals surface area contributed by atoms with Crippen molar-refractivity contribution < 1.29 is 36.8 Å². The summed E-state index contributed by atoms with van der Waals surface area (Å²) in [4.78, 5) is 40.8. The summed E-state index contributed by atoms with van der Waals surface area (Å²) in [6.45, 7) is 1.13. The van der Waals surface area contributed by atoms with E-state index in [0.29, 0.717) is 6.26 Å². The first-order chi connectivity index (χ1) is 11.2. The second kappa shape index (κ2) is 5.22. The molecule has 9 heteroatoms. The minimum absolute atomic E-state index is 0.00439. The first kappa shape index (κ1) is 15.8. The quantitative estimate of drug-likeness (QED) is 0.786. The highest BCUT2D eigenvalue weighted by Gasteiger charge is 2.43.